The van der Waals surface area contributed by atoms with Gasteiger partial charge < -0.3 is 10.0 Å². The maximum absolute atomic E-state index is 12.8. The maximum Gasteiger partial charge on any atom is 0.192 e. The van der Waals surface area contributed by atoms with Gasteiger partial charge in [0.1, 0.15) is 5.82 Å². The summed E-state index contributed by atoms with van der Waals surface area (Å²) in [5.41, 5.74) is 0.785. The lowest BCUT2D eigenvalue weighted by atomic mass is 10.0. The topological polar surface area (TPSA) is 40.5 Å². The number of nitrogens with zero attached hydrogens (tertiary/aromatic N) is 1. The van der Waals surface area contributed by atoms with Crippen molar-refractivity contribution >= 4 is 5.78 Å². The van der Waals surface area contributed by atoms with Crippen molar-refractivity contribution in [2.24, 2.45) is 0 Å². The normalized spacial score (nSPS) is 17.1. The van der Waals surface area contributed by atoms with Gasteiger partial charge in [-0.2, -0.15) is 0 Å². The molecular weight excluding hydrogens is 257 g/mol. The van der Waals surface area contributed by atoms with Crippen LogP contribution >= 0.6 is 0 Å². The van der Waals surface area contributed by atoms with Crippen molar-refractivity contribution < 1.29 is 14.3 Å². The van der Waals surface area contributed by atoms with E-state index in [1.807, 2.05) is 0 Å². The fraction of sp³-hybridized carbons (Fsp3) is 0.438. The first-order valence-electron chi connectivity index (χ1n) is 7.06. The Balaban J connectivity index is 1.94. The first-order valence-corrected chi connectivity index (χ1v) is 7.06. The molecule has 1 fully saturated rings. The Bertz CT molecular complexity index is 476. The van der Waals surface area contributed by atoms with Crippen molar-refractivity contribution in [3.8, 4) is 0 Å². The van der Waals surface area contributed by atoms with E-state index in [0.717, 1.165) is 25.9 Å². The largest absolute Gasteiger partial charge is 0.515 e. The number of ketones is 1. The number of aliphatic hydroxyl groups is 1. The van der Waals surface area contributed by atoms with E-state index in [-0.39, 0.29) is 11.6 Å². The van der Waals surface area contributed by atoms with Crippen molar-refractivity contribution in [3.05, 3.63) is 47.5 Å². The second-order valence-corrected chi connectivity index (χ2v) is 5.14. The van der Waals surface area contributed by atoms with E-state index < -0.39 is 0 Å². The third kappa shape index (κ3) is 3.90. The van der Waals surface area contributed by atoms with Crippen LogP contribution in [-0.2, 0) is 0 Å². The second kappa shape index (κ2) is 7.20. The molecule has 0 saturated carbocycles. The molecule has 108 valence electrons. The van der Waals surface area contributed by atoms with Crippen molar-refractivity contribution in [2.75, 3.05) is 19.6 Å². The maximum atomic E-state index is 12.8. The van der Waals surface area contributed by atoms with Gasteiger partial charge in [-0.05, 0) is 56.6 Å². The molecule has 1 aromatic carbocycles. The molecule has 1 N–H and O–H groups in total. The number of likely N-dealkylation sites (tertiary alicyclic amines) is 1. The molecule has 0 aliphatic carbocycles. The first kappa shape index (κ1) is 14.7. The summed E-state index contributed by atoms with van der Waals surface area (Å²) in [7, 11) is 0. The molecule has 1 aliphatic rings. The van der Waals surface area contributed by atoms with Crippen molar-refractivity contribution in [2.45, 2.75) is 25.7 Å². The number of carbonyl (C=O) groups is 1. The molecule has 0 bridgehead atoms. The summed E-state index contributed by atoms with van der Waals surface area (Å²) in [4.78, 5) is 14.5. The molecule has 2 rings (SSSR count). The van der Waals surface area contributed by atoms with Crippen LogP contribution in [0, 0.1) is 5.82 Å². The Labute approximate surface area is 118 Å². The van der Waals surface area contributed by atoms with Gasteiger partial charge in [-0.1, -0.05) is 6.42 Å². The summed E-state index contributed by atoms with van der Waals surface area (Å²) in [6.45, 7) is 2.90. The number of halogens is 1. The first-order chi connectivity index (χ1) is 9.70. The van der Waals surface area contributed by atoms with Crippen molar-refractivity contribution in [1.29, 1.82) is 0 Å². The van der Waals surface area contributed by atoms with E-state index in [4.69, 9.17) is 0 Å². The highest BCUT2D eigenvalue weighted by Crippen LogP contribution is 2.15. The van der Waals surface area contributed by atoms with Crippen LogP contribution in [0.25, 0.3) is 0 Å². The standard InChI is InChI=1S/C16H20FNO2/c17-15-6-4-13(5-7-15)16(20)14(12-19)8-11-18-9-2-1-3-10-18/h4-7,12,19H,1-3,8-11H2. The summed E-state index contributed by atoms with van der Waals surface area (Å²) in [6.07, 6.45) is 5.07. The van der Waals surface area contributed by atoms with Gasteiger partial charge in [0.25, 0.3) is 0 Å². The molecule has 0 spiro atoms. The van der Waals surface area contributed by atoms with Gasteiger partial charge in [-0.25, -0.2) is 4.39 Å². The quantitative estimate of drug-likeness (QED) is 0.510. The number of benzene rings is 1. The van der Waals surface area contributed by atoms with E-state index in [0.29, 0.717) is 17.6 Å². The number of carbonyl (C=O) groups excluding carboxylic acids is 1. The molecule has 0 unspecified atom stereocenters. The lowest BCUT2D eigenvalue weighted by Gasteiger charge is -2.26. The van der Waals surface area contributed by atoms with Crippen LogP contribution in [0.5, 0.6) is 0 Å². The molecule has 4 heteroatoms. The van der Waals surface area contributed by atoms with Gasteiger partial charge in [-0.15, -0.1) is 0 Å². The zero-order valence-corrected chi connectivity index (χ0v) is 11.5. The molecule has 3 nitrogen and oxygen atoms in total. The lowest BCUT2D eigenvalue weighted by Crippen LogP contribution is -2.31. The molecule has 0 radical (unpaired) electrons. The molecule has 1 saturated heterocycles. The van der Waals surface area contributed by atoms with Crippen LogP contribution in [0.4, 0.5) is 4.39 Å². The summed E-state index contributed by atoms with van der Waals surface area (Å²) < 4.78 is 12.8. The molecule has 1 aromatic rings. The van der Waals surface area contributed by atoms with Crippen LogP contribution in [0.2, 0.25) is 0 Å². The van der Waals surface area contributed by atoms with Crippen LogP contribution in [0.3, 0.4) is 0 Å². The van der Waals surface area contributed by atoms with Gasteiger partial charge >= 0.3 is 0 Å². The smallest absolute Gasteiger partial charge is 0.192 e. The molecule has 0 aromatic heterocycles. The monoisotopic (exact) mass is 277 g/mol. The minimum Gasteiger partial charge on any atom is -0.515 e. The predicted octanol–water partition coefficient (Wildman–Crippen LogP) is 3.33. The lowest BCUT2D eigenvalue weighted by molar-refractivity contribution is 0.102. The number of hydrogen-bond acceptors (Lipinski definition) is 3. The van der Waals surface area contributed by atoms with E-state index in [1.165, 1.54) is 43.5 Å². The van der Waals surface area contributed by atoms with Crippen LogP contribution in [0.1, 0.15) is 36.0 Å². The average Bonchev–Trinajstić information content (AvgIpc) is 2.49. The van der Waals surface area contributed by atoms with Crippen LogP contribution in [-0.4, -0.2) is 35.4 Å². The summed E-state index contributed by atoms with van der Waals surface area (Å²) >= 11 is 0. The third-order valence-corrected chi connectivity index (χ3v) is 3.70. The van der Waals surface area contributed by atoms with Gasteiger partial charge in [0.05, 0.1) is 6.26 Å². The SMILES string of the molecule is O=C(C(=CO)CCN1CCCCC1)c1ccc(F)cc1. The minimum absolute atomic E-state index is 0.232. The van der Waals surface area contributed by atoms with Gasteiger partial charge in [0, 0.05) is 17.7 Å². The average molecular weight is 277 g/mol. The Morgan fingerprint density at radius 3 is 2.45 bits per heavy atom. The second-order valence-electron chi connectivity index (χ2n) is 5.14. The highest BCUT2D eigenvalue weighted by Gasteiger charge is 2.15. The van der Waals surface area contributed by atoms with Gasteiger partial charge in [0.2, 0.25) is 0 Å². The summed E-state index contributed by atoms with van der Waals surface area (Å²) in [5.74, 6) is -0.603. The highest BCUT2D eigenvalue weighted by atomic mass is 19.1. The summed E-state index contributed by atoms with van der Waals surface area (Å²) in [6, 6.07) is 5.41. The van der Waals surface area contributed by atoms with Crippen LogP contribution in [0.15, 0.2) is 36.1 Å². The zero-order valence-electron chi connectivity index (χ0n) is 11.5. The Kier molecular flexibility index (Phi) is 5.30. The van der Waals surface area contributed by atoms with E-state index in [1.54, 1.807) is 0 Å². The van der Waals surface area contributed by atoms with E-state index >= 15 is 0 Å². The van der Waals surface area contributed by atoms with E-state index in [9.17, 15) is 14.3 Å². The number of aliphatic hydroxyl groups excluding tert-OH is 1. The Morgan fingerprint density at radius 2 is 1.85 bits per heavy atom. The number of piperidine rings is 1. The number of Topliss-reactive ketones (excluding diaryl/α,β-unsaturated/α-hetero) is 1. The molecule has 1 aliphatic heterocycles. The third-order valence-electron chi connectivity index (χ3n) is 3.70. The zero-order chi connectivity index (χ0) is 14.4. The molecule has 0 atom stereocenters. The summed E-state index contributed by atoms with van der Waals surface area (Å²) in [5, 5.41) is 9.27. The molecular formula is C16H20FNO2. The molecule has 1 heterocycles. The van der Waals surface area contributed by atoms with Gasteiger partial charge in [0.15, 0.2) is 5.78 Å². The fourth-order valence-corrected chi connectivity index (χ4v) is 2.48. The predicted molar refractivity (Wildman–Crippen MR) is 76.4 cm³/mol. The number of hydrogen-bond donors (Lipinski definition) is 1. The highest BCUT2D eigenvalue weighted by molar-refractivity contribution is 6.08. The van der Waals surface area contributed by atoms with E-state index in [2.05, 4.69) is 4.90 Å². The van der Waals surface area contributed by atoms with Crippen molar-refractivity contribution in [1.82, 2.24) is 4.90 Å². The van der Waals surface area contributed by atoms with Crippen LogP contribution < -0.4 is 0 Å². The Morgan fingerprint density at radius 1 is 1.20 bits per heavy atom. The van der Waals surface area contributed by atoms with Gasteiger partial charge in [-0.3, -0.25) is 4.79 Å². The Hall–Kier alpha value is -1.68. The fourth-order valence-electron chi connectivity index (χ4n) is 2.48. The minimum atomic E-state index is -0.371. The number of rotatable bonds is 5. The van der Waals surface area contributed by atoms with Crippen molar-refractivity contribution in [3.63, 3.8) is 0 Å². The molecule has 20 heavy (non-hydrogen) atoms. The molecule has 0 amide bonds.